The lowest BCUT2D eigenvalue weighted by Gasteiger charge is -2.30. The van der Waals surface area contributed by atoms with Crippen LogP contribution in [0.4, 0.5) is 0 Å². The summed E-state index contributed by atoms with van der Waals surface area (Å²) in [4.78, 5) is 3.15. The second-order valence-electron chi connectivity index (χ2n) is 5.70. The van der Waals surface area contributed by atoms with Crippen molar-refractivity contribution in [1.82, 2.24) is 0 Å². The Labute approximate surface area is 127 Å². The highest BCUT2D eigenvalue weighted by Crippen LogP contribution is 2.16. The van der Waals surface area contributed by atoms with Crippen molar-refractivity contribution >= 4 is 0 Å². The van der Waals surface area contributed by atoms with E-state index in [2.05, 4.69) is 6.92 Å². The SMILES string of the molecule is CC[NH+]1CC[NH+](C[C@H](O)COc2ccc(OC)cc2)CC1. The number of aliphatic hydroxyl groups is 1. The topological polar surface area (TPSA) is 47.6 Å². The summed E-state index contributed by atoms with van der Waals surface area (Å²) in [7, 11) is 1.64. The van der Waals surface area contributed by atoms with Crippen molar-refractivity contribution in [2.45, 2.75) is 13.0 Å². The van der Waals surface area contributed by atoms with Gasteiger partial charge in [-0.25, -0.2) is 0 Å². The lowest BCUT2D eigenvalue weighted by Crippen LogP contribution is -3.28. The van der Waals surface area contributed by atoms with Gasteiger partial charge in [-0.3, -0.25) is 0 Å². The van der Waals surface area contributed by atoms with Crippen molar-refractivity contribution in [2.24, 2.45) is 0 Å². The van der Waals surface area contributed by atoms with E-state index in [4.69, 9.17) is 9.47 Å². The second kappa shape index (κ2) is 8.22. The molecule has 0 spiro atoms. The fourth-order valence-corrected chi connectivity index (χ4v) is 2.77. The van der Waals surface area contributed by atoms with Gasteiger partial charge in [0.25, 0.3) is 0 Å². The lowest BCUT2D eigenvalue weighted by molar-refractivity contribution is -1.01. The Morgan fingerprint density at radius 2 is 1.62 bits per heavy atom. The van der Waals surface area contributed by atoms with E-state index in [1.807, 2.05) is 24.3 Å². The number of benzene rings is 1. The van der Waals surface area contributed by atoms with Crippen LogP contribution in [0.15, 0.2) is 24.3 Å². The Balaban J connectivity index is 1.68. The maximum Gasteiger partial charge on any atom is 0.137 e. The lowest BCUT2D eigenvalue weighted by atomic mass is 10.2. The molecule has 0 aliphatic carbocycles. The van der Waals surface area contributed by atoms with Crippen LogP contribution in [0.2, 0.25) is 0 Å². The van der Waals surface area contributed by atoms with E-state index in [1.165, 1.54) is 24.5 Å². The Morgan fingerprint density at radius 3 is 2.19 bits per heavy atom. The molecule has 1 heterocycles. The van der Waals surface area contributed by atoms with Gasteiger partial charge in [-0.15, -0.1) is 0 Å². The molecule has 1 aromatic rings. The van der Waals surface area contributed by atoms with Crippen molar-refractivity contribution in [2.75, 3.05) is 53.0 Å². The Bertz CT molecular complexity index is 402. The standard InChI is InChI=1S/C16H26N2O3/c1-3-17-8-10-18(11-9-17)12-14(19)13-21-16-6-4-15(20-2)5-7-16/h4-7,14,19H,3,8-13H2,1-2H3/p+2/t14-/m0/s1. The molecule has 3 N–H and O–H groups in total. The summed E-state index contributed by atoms with van der Waals surface area (Å²) in [6, 6.07) is 7.45. The highest BCUT2D eigenvalue weighted by Gasteiger charge is 2.23. The minimum absolute atomic E-state index is 0.347. The maximum atomic E-state index is 10.1. The van der Waals surface area contributed by atoms with Crippen LogP contribution in [-0.2, 0) is 0 Å². The first kappa shape index (κ1) is 16.1. The molecule has 1 fully saturated rings. The number of piperazine rings is 1. The first-order chi connectivity index (χ1) is 10.2. The fourth-order valence-electron chi connectivity index (χ4n) is 2.77. The van der Waals surface area contributed by atoms with Crippen LogP contribution in [0.3, 0.4) is 0 Å². The van der Waals surface area contributed by atoms with E-state index in [-0.39, 0.29) is 0 Å². The van der Waals surface area contributed by atoms with E-state index >= 15 is 0 Å². The summed E-state index contributed by atoms with van der Waals surface area (Å²) in [6.45, 7) is 9.25. The van der Waals surface area contributed by atoms with Gasteiger partial charge in [0.15, 0.2) is 0 Å². The number of nitrogens with one attached hydrogen (secondary N) is 2. The highest BCUT2D eigenvalue weighted by atomic mass is 16.5. The number of methoxy groups -OCH3 is 1. The average Bonchev–Trinajstić information content (AvgIpc) is 2.54. The van der Waals surface area contributed by atoms with Crippen LogP contribution in [0.25, 0.3) is 0 Å². The molecule has 5 nitrogen and oxygen atoms in total. The van der Waals surface area contributed by atoms with Gasteiger partial charge in [0.05, 0.1) is 13.7 Å². The number of likely N-dealkylation sites (N-methyl/N-ethyl adjacent to an activating group) is 1. The zero-order chi connectivity index (χ0) is 15.1. The molecule has 1 aliphatic rings. The molecule has 2 rings (SSSR count). The van der Waals surface area contributed by atoms with E-state index in [0.29, 0.717) is 6.61 Å². The minimum atomic E-state index is -0.412. The molecule has 1 saturated heterocycles. The molecule has 0 bridgehead atoms. The Morgan fingerprint density at radius 1 is 1.05 bits per heavy atom. The molecule has 21 heavy (non-hydrogen) atoms. The molecular weight excluding hydrogens is 268 g/mol. The van der Waals surface area contributed by atoms with Crippen molar-refractivity contribution in [1.29, 1.82) is 0 Å². The summed E-state index contributed by atoms with van der Waals surface area (Å²) in [6.07, 6.45) is -0.412. The van der Waals surface area contributed by atoms with Gasteiger partial charge in [0, 0.05) is 0 Å². The summed E-state index contributed by atoms with van der Waals surface area (Å²) >= 11 is 0. The smallest absolute Gasteiger partial charge is 0.137 e. The molecular formula is C16H28N2O3+2. The zero-order valence-electron chi connectivity index (χ0n) is 13.1. The molecule has 1 atom stereocenters. The molecule has 1 aliphatic heterocycles. The summed E-state index contributed by atoms with van der Waals surface area (Å²) in [5, 5.41) is 10.1. The predicted molar refractivity (Wildman–Crippen MR) is 81.3 cm³/mol. The summed E-state index contributed by atoms with van der Waals surface area (Å²) in [5.41, 5.74) is 0. The van der Waals surface area contributed by atoms with Crippen LogP contribution in [0, 0.1) is 0 Å². The van der Waals surface area contributed by atoms with E-state index in [1.54, 1.807) is 12.0 Å². The number of aliphatic hydroxyl groups excluding tert-OH is 1. The highest BCUT2D eigenvalue weighted by molar-refractivity contribution is 5.31. The van der Waals surface area contributed by atoms with Gasteiger partial charge in [0.1, 0.15) is 56.9 Å². The van der Waals surface area contributed by atoms with Gasteiger partial charge in [-0.05, 0) is 31.2 Å². The fraction of sp³-hybridized carbons (Fsp3) is 0.625. The first-order valence-corrected chi connectivity index (χ1v) is 7.83. The number of quaternary nitrogens is 2. The van der Waals surface area contributed by atoms with Gasteiger partial charge >= 0.3 is 0 Å². The number of hydrogen-bond donors (Lipinski definition) is 3. The first-order valence-electron chi connectivity index (χ1n) is 7.83. The van der Waals surface area contributed by atoms with Gasteiger partial charge in [0.2, 0.25) is 0 Å². The van der Waals surface area contributed by atoms with E-state index < -0.39 is 6.10 Å². The van der Waals surface area contributed by atoms with Crippen LogP contribution in [-0.4, -0.2) is 64.2 Å². The second-order valence-corrected chi connectivity index (χ2v) is 5.70. The van der Waals surface area contributed by atoms with Crippen LogP contribution in [0.1, 0.15) is 6.92 Å². The van der Waals surface area contributed by atoms with Crippen molar-refractivity contribution in [3.8, 4) is 11.5 Å². The number of ether oxygens (including phenoxy) is 2. The third kappa shape index (κ3) is 5.19. The Hall–Kier alpha value is -1.30. The number of hydrogen-bond acceptors (Lipinski definition) is 3. The summed E-state index contributed by atoms with van der Waals surface area (Å²) in [5.74, 6) is 1.58. The van der Waals surface area contributed by atoms with Gasteiger partial charge in [-0.2, -0.15) is 0 Å². The molecule has 0 unspecified atom stereocenters. The van der Waals surface area contributed by atoms with E-state index in [0.717, 1.165) is 31.1 Å². The van der Waals surface area contributed by atoms with Gasteiger partial charge in [-0.1, -0.05) is 0 Å². The van der Waals surface area contributed by atoms with Crippen LogP contribution < -0.4 is 19.3 Å². The number of rotatable bonds is 7. The van der Waals surface area contributed by atoms with Crippen molar-refractivity contribution in [3.63, 3.8) is 0 Å². The van der Waals surface area contributed by atoms with Crippen LogP contribution >= 0.6 is 0 Å². The molecule has 5 heteroatoms. The minimum Gasteiger partial charge on any atom is -0.497 e. The third-order valence-electron chi connectivity index (χ3n) is 4.19. The molecule has 118 valence electrons. The quantitative estimate of drug-likeness (QED) is 0.559. The summed E-state index contributed by atoms with van der Waals surface area (Å²) < 4.78 is 10.7. The predicted octanol–water partition coefficient (Wildman–Crippen LogP) is -1.76. The van der Waals surface area contributed by atoms with Gasteiger partial charge < -0.3 is 24.4 Å². The van der Waals surface area contributed by atoms with Crippen molar-refractivity contribution in [3.05, 3.63) is 24.3 Å². The zero-order valence-corrected chi connectivity index (χ0v) is 13.1. The maximum absolute atomic E-state index is 10.1. The Kier molecular flexibility index (Phi) is 6.29. The molecule has 0 saturated carbocycles. The monoisotopic (exact) mass is 296 g/mol. The third-order valence-corrected chi connectivity index (χ3v) is 4.19. The molecule has 0 radical (unpaired) electrons. The molecule has 0 aromatic heterocycles. The van der Waals surface area contributed by atoms with E-state index in [9.17, 15) is 5.11 Å². The average molecular weight is 296 g/mol. The molecule has 0 amide bonds. The largest absolute Gasteiger partial charge is 0.497 e. The normalized spacial score (nSPS) is 23.6. The molecule has 1 aromatic carbocycles. The van der Waals surface area contributed by atoms with Crippen LogP contribution in [0.5, 0.6) is 11.5 Å². The van der Waals surface area contributed by atoms with Crippen molar-refractivity contribution < 1.29 is 24.4 Å².